The minimum absolute atomic E-state index is 0.116. The largest absolute Gasteiger partial charge is 0.469 e. The van der Waals surface area contributed by atoms with Gasteiger partial charge in [0.25, 0.3) is 0 Å². The number of esters is 1. The fraction of sp³-hybridized carbons (Fsp3) is 0.818. The highest BCUT2D eigenvalue weighted by Crippen LogP contribution is 2.11. The molecule has 2 saturated heterocycles. The maximum absolute atomic E-state index is 11.2. The van der Waals surface area contributed by atoms with Crippen LogP contribution in [0.3, 0.4) is 0 Å². The topological polar surface area (TPSA) is 77.1 Å². The molecule has 2 aliphatic rings. The minimum atomic E-state index is -0.362. The van der Waals surface area contributed by atoms with Crippen LogP contribution in [0.5, 0.6) is 0 Å². The van der Waals surface area contributed by atoms with Gasteiger partial charge < -0.3 is 19.5 Å². The van der Waals surface area contributed by atoms with Crippen molar-refractivity contribution >= 4 is 12.1 Å². The third-order valence-electron chi connectivity index (χ3n) is 3.05. The molecule has 1 N–H and O–H groups in total. The lowest BCUT2D eigenvalue weighted by Gasteiger charge is -2.33. The lowest BCUT2D eigenvalue weighted by molar-refractivity contribution is -0.145. The van der Waals surface area contributed by atoms with Crippen molar-refractivity contribution in [3.63, 3.8) is 0 Å². The predicted molar refractivity (Wildman–Crippen MR) is 61.1 cm³/mol. The number of ether oxygens (including phenoxy) is 3. The number of amides is 1. The van der Waals surface area contributed by atoms with Crippen LogP contribution in [0.25, 0.3) is 0 Å². The molecular weight excluding hydrogens is 240 g/mol. The lowest BCUT2D eigenvalue weighted by atomic mass is 10.2. The summed E-state index contributed by atoms with van der Waals surface area (Å²) >= 11 is 0. The minimum Gasteiger partial charge on any atom is -0.469 e. The maximum Gasteiger partial charge on any atom is 0.407 e. The smallest absolute Gasteiger partial charge is 0.407 e. The highest BCUT2D eigenvalue weighted by Gasteiger charge is 2.28. The Morgan fingerprint density at radius 3 is 3.06 bits per heavy atom. The molecular formula is C11H18N2O5. The van der Waals surface area contributed by atoms with Crippen LogP contribution in [0.1, 0.15) is 6.42 Å². The Bertz CT molecular complexity index is 323. The summed E-state index contributed by atoms with van der Waals surface area (Å²) in [6.07, 6.45) is -0.361. The van der Waals surface area contributed by atoms with Gasteiger partial charge in [0.05, 0.1) is 32.8 Å². The molecule has 7 heteroatoms. The van der Waals surface area contributed by atoms with Crippen molar-refractivity contribution in [2.75, 3.05) is 39.9 Å². The van der Waals surface area contributed by atoms with Gasteiger partial charge >= 0.3 is 12.1 Å². The van der Waals surface area contributed by atoms with Crippen molar-refractivity contribution in [1.82, 2.24) is 10.2 Å². The maximum atomic E-state index is 11.2. The molecule has 0 radical (unpaired) electrons. The Kier molecular flexibility index (Phi) is 4.38. The molecule has 0 aromatic heterocycles. The Morgan fingerprint density at radius 2 is 2.39 bits per heavy atom. The van der Waals surface area contributed by atoms with Gasteiger partial charge in [0.2, 0.25) is 0 Å². The molecule has 0 aliphatic carbocycles. The normalized spacial score (nSPS) is 28.6. The Labute approximate surface area is 105 Å². The van der Waals surface area contributed by atoms with Crippen LogP contribution >= 0.6 is 0 Å². The third-order valence-corrected chi connectivity index (χ3v) is 3.05. The average Bonchev–Trinajstić information content (AvgIpc) is 2.75. The number of cyclic esters (lactones) is 1. The van der Waals surface area contributed by atoms with Crippen molar-refractivity contribution in [1.29, 1.82) is 0 Å². The molecule has 102 valence electrons. The van der Waals surface area contributed by atoms with Gasteiger partial charge in [-0.15, -0.1) is 0 Å². The zero-order chi connectivity index (χ0) is 13.0. The molecule has 2 atom stereocenters. The number of morpholine rings is 1. The quantitative estimate of drug-likeness (QED) is 0.676. The molecule has 0 saturated carbocycles. The van der Waals surface area contributed by atoms with Gasteiger partial charge in [0, 0.05) is 19.6 Å². The first-order valence-corrected chi connectivity index (χ1v) is 6.02. The summed E-state index contributed by atoms with van der Waals surface area (Å²) < 4.78 is 15.2. The highest BCUT2D eigenvalue weighted by atomic mass is 16.6. The first kappa shape index (κ1) is 13.1. The van der Waals surface area contributed by atoms with Crippen molar-refractivity contribution in [3.05, 3.63) is 0 Å². The number of nitrogens with zero attached hydrogens (tertiary/aromatic N) is 1. The molecule has 0 bridgehead atoms. The van der Waals surface area contributed by atoms with E-state index in [0.29, 0.717) is 26.2 Å². The molecule has 0 spiro atoms. The third kappa shape index (κ3) is 3.58. The first-order chi connectivity index (χ1) is 8.67. The summed E-state index contributed by atoms with van der Waals surface area (Å²) in [6, 6.07) is 0. The second-order valence-electron chi connectivity index (χ2n) is 4.44. The molecule has 2 rings (SSSR count). The SMILES string of the molecule is COC(=O)CC1CN(CC2CNC(=O)O2)CCO1. The molecule has 2 heterocycles. The van der Waals surface area contributed by atoms with Gasteiger partial charge in [0.15, 0.2) is 0 Å². The van der Waals surface area contributed by atoms with Crippen LogP contribution in [-0.2, 0) is 19.0 Å². The van der Waals surface area contributed by atoms with E-state index < -0.39 is 0 Å². The van der Waals surface area contributed by atoms with E-state index in [4.69, 9.17) is 9.47 Å². The number of hydrogen-bond donors (Lipinski definition) is 1. The van der Waals surface area contributed by atoms with Crippen LogP contribution in [-0.4, -0.2) is 69.1 Å². The zero-order valence-electron chi connectivity index (χ0n) is 10.4. The van der Waals surface area contributed by atoms with Gasteiger partial charge in [-0.1, -0.05) is 0 Å². The molecule has 7 nitrogen and oxygen atoms in total. The summed E-state index contributed by atoms with van der Waals surface area (Å²) in [4.78, 5) is 24.2. The summed E-state index contributed by atoms with van der Waals surface area (Å²) in [5.41, 5.74) is 0. The Morgan fingerprint density at radius 1 is 1.56 bits per heavy atom. The number of methoxy groups -OCH3 is 1. The highest BCUT2D eigenvalue weighted by molar-refractivity contribution is 5.70. The first-order valence-electron chi connectivity index (χ1n) is 6.02. The number of carbonyl (C=O) groups excluding carboxylic acids is 2. The van der Waals surface area contributed by atoms with Crippen molar-refractivity contribution in [2.45, 2.75) is 18.6 Å². The van der Waals surface area contributed by atoms with Crippen molar-refractivity contribution in [2.24, 2.45) is 0 Å². The number of alkyl carbamates (subject to hydrolysis) is 1. The second kappa shape index (κ2) is 6.01. The lowest BCUT2D eigenvalue weighted by Crippen LogP contribution is -2.46. The van der Waals surface area contributed by atoms with Gasteiger partial charge in [-0.3, -0.25) is 9.69 Å². The number of rotatable bonds is 4. The molecule has 18 heavy (non-hydrogen) atoms. The zero-order valence-corrected chi connectivity index (χ0v) is 10.4. The molecule has 0 aromatic carbocycles. The van der Waals surface area contributed by atoms with Gasteiger partial charge in [-0.25, -0.2) is 4.79 Å². The summed E-state index contributed by atoms with van der Waals surface area (Å²) in [6.45, 7) is 3.22. The molecule has 2 unspecified atom stereocenters. The molecule has 2 fully saturated rings. The number of carbonyl (C=O) groups is 2. The molecule has 0 aromatic rings. The summed E-state index contributed by atoms with van der Waals surface area (Å²) in [5, 5.41) is 2.62. The fourth-order valence-electron chi connectivity index (χ4n) is 2.16. The van der Waals surface area contributed by atoms with Crippen LogP contribution in [0.15, 0.2) is 0 Å². The van der Waals surface area contributed by atoms with Gasteiger partial charge in [-0.2, -0.15) is 0 Å². The van der Waals surface area contributed by atoms with Crippen molar-refractivity contribution in [3.8, 4) is 0 Å². The number of nitrogens with one attached hydrogen (secondary N) is 1. The molecule has 1 amide bonds. The fourth-order valence-corrected chi connectivity index (χ4v) is 2.16. The van der Waals surface area contributed by atoms with E-state index in [1.165, 1.54) is 7.11 Å². The molecule has 2 aliphatic heterocycles. The van der Waals surface area contributed by atoms with E-state index in [0.717, 1.165) is 6.54 Å². The average molecular weight is 258 g/mol. The van der Waals surface area contributed by atoms with E-state index in [-0.39, 0.29) is 30.7 Å². The van der Waals surface area contributed by atoms with Crippen LogP contribution in [0, 0.1) is 0 Å². The second-order valence-corrected chi connectivity index (χ2v) is 4.44. The van der Waals surface area contributed by atoms with Crippen molar-refractivity contribution < 1.29 is 23.8 Å². The van der Waals surface area contributed by atoms with Crippen LogP contribution < -0.4 is 5.32 Å². The Hall–Kier alpha value is -1.34. The van der Waals surface area contributed by atoms with Gasteiger partial charge in [0.1, 0.15) is 6.10 Å². The van der Waals surface area contributed by atoms with Gasteiger partial charge in [-0.05, 0) is 0 Å². The summed E-state index contributed by atoms with van der Waals surface area (Å²) in [7, 11) is 1.37. The standard InChI is InChI=1S/C11H18N2O5/c1-16-10(14)4-8-6-13(2-3-17-8)7-9-5-12-11(15)18-9/h8-9H,2-7H2,1H3,(H,12,15). The monoisotopic (exact) mass is 258 g/mol. The Balaban J connectivity index is 1.76. The predicted octanol–water partition coefficient (Wildman–Crippen LogP) is -0.641. The van der Waals surface area contributed by atoms with E-state index >= 15 is 0 Å². The van der Waals surface area contributed by atoms with E-state index in [1.54, 1.807) is 0 Å². The van der Waals surface area contributed by atoms with E-state index in [2.05, 4.69) is 15.0 Å². The van der Waals surface area contributed by atoms with Crippen LogP contribution in [0.4, 0.5) is 4.79 Å². The van der Waals surface area contributed by atoms with E-state index in [1.807, 2.05) is 0 Å². The van der Waals surface area contributed by atoms with Crippen LogP contribution in [0.2, 0.25) is 0 Å². The number of hydrogen-bond acceptors (Lipinski definition) is 6. The summed E-state index contributed by atoms with van der Waals surface area (Å²) in [5.74, 6) is -0.268. The van der Waals surface area contributed by atoms with E-state index in [9.17, 15) is 9.59 Å².